The van der Waals surface area contributed by atoms with E-state index in [1.165, 1.54) is 30.5 Å². The molecular weight excluding hydrogens is 296 g/mol. The third-order valence-electron chi connectivity index (χ3n) is 3.03. The zero-order valence-corrected chi connectivity index (χ0v) is 11.2. The molecule has 104 valence electrons. The molecule has 6 nitrogen and oxygen atoms in total. The Bertz CT molecular complexity index is 768. The number of nitrogens with zero attached hydrogens (tertiary/aromatic N) is 2. The van der Waals surface area contributed by atoms with Crippen molar-refractivity contribution in [2.45, 2.75) is 0 Å². The number of carbonyl (C=O) groups is 3. The summed E-state index contributed by atoms with van der Waals surface area (Å²) in [6.07, 6.45) is 1.41. The zero-order chi connectivity index (χ0) is 15.1. The molecule has 1 aliphatic rings. The minimum atomic E-state index is -1.20. The van der Waals surface area contributed by atoms with Gasteiger partial charge in [-0.05, 0) is 30.3 Å². The first-order chi connectivity index (χ1) is 9.99. The average Bonchev–Trinajstić information content (AvgIpc) is 2.71. The second kappa shape index (κ2) is 4.68. The van der Waals surface area contributed by atoms with Crippen LogP contribution in [-0.4, -0.2) is 27.9 Å². The van der Waals surface area contributed by atoms with E-state index < -0.39 is 17.8 Å². The maximum atomic E-state index is 12.3. The van der Waals surface area contributed by atoms with E-state index in [-0.39, 0.29) is 27.5 Å². The van der Waals surface area contributed by atoms with Crippen molar-refractivity contribution in [2.75, 3.05) is 4.90 Å². The normalized spacial score (nSPS) is 13.5. The number of hydrogen-bond acceptors (Lipinski definition) is 4. The van der Waals surface area contributed by atoms with Gasteiger partial charge in [-0.3, -0.25) is 14.6 Å². The van der Waals surface area contributed by atoms with Gasteiger partial charge in [-0.1, -0.05) is 11.6 Å². The molecule has 0 radical (unpaired) electrons. The number of halogens is 1. The van der Waals surface area contributed by atoms with Crippen molar-refractivity contribution in [3.8, 4) is 0 Å². The summed E-state index contributed by atoms with van der Waals surface area (Å²) in [7, 11) is 0. The minimum absolute atomic E-state index is 0.0411. The highest BCUT2D eigenvalue weighted by atomic mass is 35.5. The molecule has 0 unspecified atom stereocenters. The largest absolute Gasteiger partial charge is 0.478 e. The van der Waals surface area contributed by atoms with Crippen molar-refractivity contribution >= 4 is 35.1 Å². The molecule has 1 N–H and O–H groups in total. The van der Waals surface area contributed by atoms with Crippen molar-refractivity contribution in [3.05, 3.63) is 58.4 Å². The number of aromatic carboxylic acids is 1. The van der Waals surface area contributed by atoms with E-state index in [4.69, 9.17) is 16.7 Å². The van der Waals surface area contributed by atoms with Gasteiger partial charge in [0, 0.05) is 11.2 Å². The van der Waals surface area contributed by atoms with Gasteiger partial charge < -0.3 is 5.11 Å². The smallest absolute Gasteiger partial charge is 0.335 e. The molecule has 1 aromatic carbocycles. The quantitative estimate of drug-likeness (QED) is 0.860. The number of imide groups is 1. The molecule has 0 spiro atoms. The lowest BCUT2D eigenvalue weighted by Gasteiger charge is -2.14. The number of carbonyl (C=O) groups excluding carboxylic acids is 2. The van der Waals surface area contributed by atoms with Gasteiger partial charge >= 0.3 is 5.97 Å². The van der Waals surface area contributed by atoms with Crippen LogP contribution in [0.15, 0.2) is 36.5 Å². The van der Waals surface area contributed by atoms with E-state index in [0.717, 1.165) is 4.90 Å². The summed E-state index contributed by atoms with van der Waals surface area (Å²) in [6, 6.07) is 6.86. The number of aromatic nitrogens is 1. The Hall–Kier alpha value is -2.73. The maximum Gasteiger partial charge on any atom is 0.335 e. The van der Waals surface area contributed by atoms with Gasteiger partial charge in [-0.15, -0.1) is 0 Å². The second-order valence-electron chi connectivity index (χ2n) is 4.35. The van der Waals surface area contributed by atoms with Crippen LogP contribution in [0.5, 0.6) is 0 Å². The molecule has 0 bridgehead atoms. The van der Waals surface area contributed by atoms with Gasteiger partial charge in [0.05, 0.1) is 16.8 Å². The molecule has 7 heteroatoms. The van der Waals surface area contributed by atoms with E-state index in [9.17, 15) is 14.4 Å². The maximum absolute atomic E-state index is 12.3. The predicted octanol–water partition coefficient (Wildman–Crippen LogP) is 2.23. The van der Waals surface area contributed by atoms with Gasteiger partial charge in [-0.25, -0.2) is 9.69 Å². The number of hydrogen-bond donors (Lipinski definition) is 1. The molecule has 0 atom stereocenters. The van der Waals surface area contributed by atoms with E-state index in [2.05, 4.69) is 4.98 Å². The second-order valence-corrected chi connectivity index (χ2v) is 4.78. The molecule has 2 heterocycles. The molecule has 0 fully saturated rings. The summed E-state index contributed by atoms with van der Waals surface area (Å²) < 4.78 is 0. The Balaban J connectivity index is 2.13. The van der Waals surface area contributed by atoms with Crippen LogP contribution in [-0.2, 0) is 0 Å². The minimum Gasteiger partial charge on any atom is -0.478 e. The fourth-order valence-electron chi connectivity index (χ4n) is 2.13. The van der Waals surface area contributed by atoms with Crippen LogP contribution in [0.4, 0.5) is 5.69 Å². The molecule has 3 rings (SSSR count). The van der Waals surface area contributed by atoms with Crippen LogP contribution in [0.1, 0.15) is 31.2 Å². The van der Waals surface area contributed by atoms with Crippen LogP contribution in [0.25, 0.3) is 0 Å². The Morgan fingerprint density at radius 2 is 1.95 bits per heavy atom. The number of fused-ring (bicyclic) bond motifs is 1. The summed E-state index contributed by atoms with van der Waals surface area (Å²) in [5.41, 5.74) is 0.216. The highest BCUT2D eigenvalue weighted by molar-refractivity contribution is 6.35. The Kier molecular flexibility index (Phi) is 2.95. The number of carboxylic acid groups (broad SMARTS) is 1. The van der Waals surface area contributed by atoms with E-state index >= 15 is 0 Å². The predicted molar refractivity (Wildman–Crippen MR) is 73.8 cm³/mol. The summed E-state index contributed by atoms with van der Waals surface area (Å²) >= 11 is 5.85. The van der Waals surface area contributed by atoms with Crippen LogP contribution >= 0.6 is 11.6 Å². The molecule has 1 aliphatic heterocycles. The van der Waals surface area contributed by atoms with Gasteiger partial charge in [0.1, 0.15) is 5.69 Å². The number of amides is 2. The van der Waals surface area contributed by atoms with Gasteiger partial charge in [0.2, 0.25) is 0 Å². The van der Waals surface area contributed by atoms with E-state index in [1.807, 2.05) is 0 Å². The van der Waals surface area contributed by atoms with Crippen molar-refractivity contribution < 1.29 is 19.5 Å². The summed E-state index contributed by atoms with van der Waals surface area (Å²) in [4.78, 5) is 40.3. The average molecular weight is 303 g/mol. The van der Waals surface area contributed by atoms with Crippen molar-refractivity contribution in [3.63, 3.8) is 0 Å². The molecule has 2 amide bonds. The van der Waals surface area contributed by atoms with E-state index in [1.54, 1.807) is 6.07 Å². The SMILES string of the molecule is O=C(O)c1cc(Cl)cc(N2C(=O)c3cccnc3C2=O)c1. The molecule has 0 saturated heterocycles. The third-order valence-corrected chi connectivity index (χ3v) is 3.25. The van der Waals surface area contributed by atoms with Gasteiger partial charge in [0.25, 0.3) is 11.8 Å². The number of anilines is 1. The summed E-state index contributed by atoms with van der Waals surface area (Å²) in [5.74, 6) is -2.36. The first kappa shape index (κ1) is 13.3. The molecular formula is C14H7ClN2O4. The third kappa shape index (κ3) is 2.05. The Labute approximate surface area is 123 Å². The van der Waals surface area contributed by atoms with Crippen LogP contribution in [0, 0.1) is 0 Å². The van der Waals surface area contributed by atoms with Gasteiger partial charge in [0.15, 0.2) is 0 Å². The molecule has 0 aliphatic carbocycles. The molecule has 1 aromatic heterocycles. The first-order valence-corrected chi connectivity index (χ1v) is 6.24. The fraction of sp³-hybridized carbons (Fsp3) is 0. The summed E-state index contributed by atoms with van der Waals surface area (Å²) in [6.45, 7) is 0. The lowest BCUT2D eigenvalue weighted by atomic mass is 10.2. The standard InChI is InChI=1S/C14H7ClN2O4/c15-8-4-7(14(20)21)5-9(6-8)17-12(18)10-2-1-3-16-11(10)13(17)19/h1-6H,(H,20,21). The Morgan fingerprint density at radius 1 is 1.19 bits per heavy atom. The lowest BCUT2D eigenvalue weighted by Crippen LogP contribution is -2.29. The topological polar surface area (TPSA) is 87.6 Å². The van der Waals surface area contributed by atoms with Crippen molar-refractivity contribution in [2.24, 2.45) is 0 Å². The van der Waals surface area contributed by atoms with Crippen LogP contribution < -0.4 is 4.90 Å². The lowest BCUT2D eigenvalue weighted by molar-refractivity contribution is 0.0695. The fourth-order valence-corrected chi connectivity index (χ4v) is 2.36. The van der Waals surface area contributed by atoms with Crippen molar-refractivity contribution in [1.29, 1.82) is 0 Å². The number of benzene rings is 1. The first-order valence-electron chi connectivity index (χ1n) is 5.86. The highest BCUT2D eigenvalue weighted by Crippen LogP contribution is 2.29. The Morgan fingerprint density at radius 3 is 2.62 bits per heavy atom. The number of rotatable bonds is 2. The van der Waals surface area contributed by atoms with Crippen molar-refractivity contribution in [1.82, 2.24) is 4.98 Å². The van der Waals surface area contributed by atoms with Gasteiger partial charge in [-0.2, -0.15) is 0 Å². The number of pyridine rings is 1. The van der Waals surface area contributed by atoms with Crippen LogP contribution in [0.2, 0.25) is 5.02 Å². The molecule has 0 saturated carbocycles. The van der Waals surface area contributed by atoms with E-state index in [0.29, 0.717) is 0 Å². The molecule has 21 heavy (non-hydrogen) atoms. The summed E-state index contributed by atoms with van der Waals surface area (Å²) in [5, 5.41) is 9.14. The highest BCUT2D eigenvalue weighted by Gasteiger charge is 2.38. The number of carboxylic acids is 1. The monoisotopic (exact) mass is 302 g/mol. The zero-order valence-electron chi connectivity index (χ0n) is 10.4. The molecule has 2 aromatic rings. The van der Waals surface area contributed by atoms with Crippen LogP contribution in [0.3, 0.4) is 0 Å².